The van der Waals surface area contributed by atoms with Gasteiger partial charge >= 0.3 is 0 Å². The van der Waals surface area contributed by atoms with E-state index in [2.05, 4.69) is 10.5 Å². The maximum Gasteiger partial charge on any atom is 0.156 e. The Balaban J connectivity index is 2.68. The summed E-state index contributed by atoms with van der Waals surface area (Å²) in [6.45, 7) is 4.03. The first-order valence-corrected chi connectivity index (χ1v) is 4.62. The highest BCUT2D eigenvalue weighted by atomic mass is 35.5. The van der Waals surface area contributed by atoms with Crippen LogP contribution in [0.2, 0.25) is 0 Å². The second-order valence-corrected chi connectivity index (χ2v) is 3.41. The molecule has 0 atom stereocenters. The predicted molar refractivity (Wildman–Crippen MR) is 57.1 cm³/mol. The molecule has 2 nitrogen and oxygen atoms in total. The lowest BCUT2D eigenvalue weighted by Crippen LogP contribution is -2.17. The van der Waals surface area contributed by atoms with Gasteiger partial charge in [-0.25, -0.2) is 0 Å². The molecule has 0 aliphatic carbocycles. The first-order valence-electron chi connectivity index (χ1n) is 4.24. The third-order valence-electron chi connectivity index (χ3n) is 1.43. The van der Waals surface area contributed by atoms with Crippen molar-refractivity contribution < 1.29 is 0 Å². The lowest BCUT2D eigenvalue weighted by molar-refractivity contribution is 0.622. The number of nitrogens with zero attached hydrogens (tertiary/aromatic N) is 1. The quantitative estimate of drug-likeness (QED) is 0.583. The standard InChI is InChI=1S/C10H13ClN2/c1-8(2)12-13-10(11)9-6-4-3-5-7-9/h3-8,12H,1-2H3/b13-10-. The van der Waals surface area contributed by atoms with Gasteiger partial charge in [0.15, 0.2) is 5.17 Å². The zero-order valence-electron chi connectivity index (χ0n) is 7.79. The van der Waals surface area contributed by atoms with Gasteiger partial charge in [-0.1, -0.05) is 41.9 Å². The fourth-order valence-corrected chi connectivity index (χ4v) is 1.00. The Hall–Kier alpha value is -1.02. The van der Waals surface area contributed by atoms with Gasteiger partial charge in [-0.05, 0) is 13.8 Å². The summed E-state index contributed by atoms with van der Waals surface area (Å²) in [5.74, 6) is 0. The van der Waals surface area contributed by atoms with Gasteiger partial charge in [0.25, 0.3) is 0 Å². The van der Waals surface area contributed by atoms with E-state index in [1.165, 1.54) is 0 Å². The smallest absolute Gasteiger partial charge is 0.156 e. The summed E-state index contributed by atoms with van der Waals surface area (Å²) in [6, 6.07) is 9.97. The summed E-state index contributed by atoms with van der Waals surface area (Å²) < 4.78 is 0. The summed E-state index contributed by atoms with van der Waals surface area (Å²) in [7, 11) is 0. The number of benzene rings is 1. The van der Waals surface area contributed by atoms with Crippen LogP contribution in [-0.2, 0) is 0 Å². The molecule has 1 N–H and O–H groups in total. The molecular weight excluding hydrogens is 184 g/mol. The Morgan fingerprint density at radius 3 is 2.46 bits per heavy atom. The Morgan fingerprint density at radius 2 is 1.92 bits per heavy atom. The molecule has 0 saturated carbocycles. The number of rotatable bonds is 3. The van der Waals surface area contributed by atoms with E-state index in [0.717, 1.165) is 5.56 Å². The van der Waals surface area contributed by atoms with Crippen molar-refractivity contribution in [3.63, 3.8) is 0 Å². The van der Waals surface area contributed by atoms with Crippen molar-refractivity contribution in [1.82, 2.24) is 5.43 Å². The van der Waals surface area contributed by atoms with Crippen LogP contribution < -0.4 is 5.43 Å². The van der Waals surface area contributed by atoms with E-state index in [9.17, 15) is 0 Å². The van der Waals surface area contributed by atoms with Crippen molar-refractivity contribution in [3.8, 4) is 0 Å². The summed E-state index contributed by atoms with van der Waals surface area (Å²) in [5, 5.41) is 4.52. The second-order valence-electron chi connectivity index (χ2n) is 3.05. The van der Waals surface area contributed by atoms with Crippen LogP contribution >= 0.6 is 11.6 Å². The van der Waals surface area contributed by atoms with E-state index in [4.69, 9.17) is 11.6 Å². The molecule has 0 unspecified atom stereocenters. The molecule has 0 amide bonds. The predicted octanol–water partition coefficient (Wildman–Crippen LogP) is 2.59. The van der Waals surface area contributed by atoms with Crippen LogP contribution in [0.25, 0.3) is 0 Å². The molecule has 1 rings (SSSR count). The number of nitrogens with one attached hydrogen (secondary N) is 1. The molecule has 0 bridgehead atoms. The lowest BCUT2D eigenvalue weighted by atomic mass is 10.2. The normalized spacial score (nSPS) is 11.8. The maximum absolute atomic E-state index is 5.94. The minimum absolute atomic E-state index is 0.303. The van der Waals surface area contributed by atoms with Gasteiger partial charge in [-0.3, -0.25) is 0 Å². The van der Waals surface area contributed by atoms with Crippen LogP contribution in [-0.4, -0.2) is 11.2 Å². The maximum atomic E-state index is 5.94. The largest absolute Gasteiger partial charge is 0.306 e. The molecule has 70 valence electrons. The first-order chi connectivity index (χ1) is 6.20. The van der Waals surface area contributed by atoms with Gasteiger partial charge < -0.3 is 5.43 Å². The Kier molecular flexibility index (Phi) is 3.77. The van der Waals surface area contributed by atoms with Crippen molar-refractivity contribution >= 4 is 16.8 Å². The fraction of sp³-hybridized carbons (Fsp3) is 0.300. The monoisotopic (exact) mass is 196 g/mol. The molecule has 0 saturated heterocycles. The zero-order chi connectivity index (χ0) is 9.68. The summed E-state index contributed by atoms with van der Waals surface area (Å²) in [5.41, 5.74) is 3.83. The van der Waals surface area contributed by atoms with E-state index in [1.54, 1.807) is 0 Å². The van der Waals surface area contributed by atoms with Crippen molar-refractivity contribution in [1.29, 1.82) is 0 Å². The minimum atomic E-state index is 0.303. The van der Waals surface area contributed by atoms with Gasteiger partial charge in [0.1, 0.15) is 0 Å². The van der Waals surface area contributed by atoms with Gasteiger partial charge in [-0.2, -0.15) is 5.10 Å². The Morgan fingerprint density at radius 1 is 1.31 bits per heavy atom. The SMILES string of the molecule is CC(C)N/N=C(\Cl)c1ccccc1. The van der Waals surface area contributed by atoms with E-state index < -0.39 is 0 Å². The van der Waals surface area contributed by atoms with Gasteiger partial charge in [0.05, 0.1) is 0 Å². The number of hydrogen-bond acceptors (Lipinski definition) is 2. The van der Waals surface area contributed by atoms with Crippen molar-refractivity contribution in [3.05, 3.63) is 35.9 Å². The molecule has 0 aliphatic heterocycles. The molecule has 0 fully saturated rings. The first kappa shape index (κ1) is 10.1. The van der Waals surface area contributed by atoms with Crippen LogP contribution in [0.15, 0.2) is 35.4 Å². The average molecular weight is 197 g/mol. The van der Waals surface area contributed by atoms with E-state index in [0.29, 0.717) is 11.2 Å². The van der Waals surface area contributed by atoms with Crippen LogP contribution in [0.4, 0.5) is 0 Å². The molecule has 0 heterocycles. The van der Waals surface area contributed by atoms with Crippen molar-refractivity contribution in [2.45, 2.75) is 19.9 Å². The van der Waals surface area contributed by atoms with Crippen LogP contribution in [0.3, 0.4) is 0 Å². The molecule has 3 heteroatoms. The summed E-state index contributed by atoms with van der Waals surface area (Å²) in [4.78, 5) is 0. The Bertz CT molecular complexity index is 280. The molecule has 13 heavy (non-hydrogen) atoms. The molecule has 0 aromatic heterocycles. The molecule has 0 spiro atoms. The number of hydrogen-bond donors (Lipinski definition) is 1. The van der Waals surface area contributed by atoms with Crippen LogP contribution in [0.1, 0.15) is 19.4 Å². The summed E-state index contributed by atoms with van der Waals surface area (Å²) in [6.07, 6.45) is 0. The molecular formula is C10H13ClN2. The van der Waals surface area contributed by atoms with Gasteiger partial charge in [0, 0.05) is 11.6 Å². The average Bonchev–Trinajstić information content (AvgIpc) is 2.15. The number of hydrazone groups is 1. The molecule has 1 aromatic rings. The van der Waals surface area contributed by atoms with Crippen molar-refractivity contribution in [2.24, 2.45) is 5.10 Å². The Labute approximate surface area is 83.6 Å². The lowest BCUT2D eigenvalue weighted by Gasteiger charge is -2.04. The highest BCUT2D eigenvalue weighted by molar-refractivity contribution is 6.69. The third kappa shape index (κ3) is 3.47. The number of halogens is 1. The molecule has 0 aliphatic rings. The van der Waals surface area contributed by atoms with Crippen LogP contribution in [0, 0.1) is 0 Å². The third-order valence-corrected chi connectivity index (χ3v) is 1.74. The summed E-state index contributed by atoms with van der Waals surface area (Å²) >= 11 is 5.94. The highest BCUT2D eigenvalue weighted by Crippen LogP contribution is 2.03. The molecule has 1 aromatic carbocycles. The van der Waals surface area contributed by atoms with E-state index >= 15 is 0 Å². The minimum Gasteiger partial charge on any atom is -0.306 e. The van der Waals surface area contributed by atoms with Crippen LogP contribution in [0.5, 0.6) is 0 Å². The van der Waals surface area contributed by atoms with Gasteiger partial charge in [0.2, 0.25) is 0 Å². The van der Waals surface area contributed by atoms with E-state index in [-0.39, 0.29) is 0 Å². The topological polar surface area (TPSA) is 24.4 Å². The second kappa shape index (κ2) is 4.87. The highest BCUT2D eigenvalue weighted by Gasteiger charge is 1.97. The molecule has 0 radical (unpaired) electrons. The fourth-order valence-electron chi connectivity index (χ4n) is 0.826. The zero-order valence-corrected chi connectivity index (χ0v) is 8.55. The van der Waals surface area contributed by atoms with Crippen molar-refractivity contribution in [2.75, 3.05) is 0 Å². The van der Waals surface area contributed by atoms with Gasteiger partial charge in [-0.15, -0.1) is 0 Å². The van der Waals surface area contributed by atoms with E-state index in [1.807, 2.05) is 44.2 Å².